The second kappa shape index (κ2) is 4.62. The Morgan fingerprint density at radius 3 is 1.28 bits per heavy atom. The third-order valence-electron chi connectivity index (χ3n) is 1.46. The minimum Gasteiger partial charge on any atom is -0.209 e. The van der Waals surface area contributed by atoms with Gasteiger partial charge in [-0.05, 0) is 0 Å². The Balaban J connectivity index is 5.81. The molecule has 0 aromatic carbocycles. The summed E-state index contributed by atoms with van der Waals surface area (Å²) in [5, 5.41) is -8.54. The molecule has 0 bridgehead atoms. The van der Waals surface area contributed by atoms with Gasteiger partial charge in [-0.3, -0.25) is 0 Å². The molecular weight excluding hydrogens is 333 g/mol. The standard InChI is InChI=1S/C6Cl2F10/c7-1(3(8,10)5(13,14)15)2(9)4(11,12)6(16,17)18. The monoisotopic (exact) mass is 332 g/mol. The van der Waals surface area contributed by atoms with Crippen molar-refractivity contribution in [3.05, 3.63) is 10.9 Å². The van der Waals surface area contributed by atoms with Crippen molar-refractivity contribution >= 4 is 23.2 Å². The van der Waals surface area contributed by atoms with E-state index < -0.39 is 34.3 Å². The van der Waals surface area contributed by atoms with E-state index in [1.165, 1.54) is 0 Å². The van der Waals surface area contributed by atoms with E-state index in [1.807, 2.05) is 0 Å². The van der Waals surface area contributed by atoms with Gasteiger partial charge in [-0.15, -0.1) is 0 Å². The quantitative estimate of drug-likeness (QED) is 0.489. The summed E-state index contributed by atoms with van der Waals surface area (Å²) in [6.07, 6.45) is -12.8. The highest BCUT2D eigenvalue weighted by Crippen LogP contribution is 2.51. The molecule has 0 N–H and O–H groups in total. The van der Waals surface area contributed by atoms with Crippen LogP contribution >= 0.6 is 23.2 Å². The lowest BCUT2D eigenvalue weighted by molar-refractivity contribution is -0.271. The van der Waals surface area contributed by atoms with Crippen LogP contribution in [0.15, 0.2) is 10.9 Å². The minimum atomic E-state index is -6.60. The van der Waals surface area contributed by atoms with Crippen molar-refractivity contribution in [1.29, 1.82) is 0 Å². The number of halogens is 12. The molecule has 0 radical (unpaired) electrons. The molecule has 1 unspecified atom stereocenters. The van der Waals surface area contributed by atoms with E-state index in [4.69, 9.17) is 0 Å². The van der Waals surface area contributed by atoms with Crippen LogP contribution in [0.2, 0.25) is 0 Å². The van der Waals surface area contributed by atoms with Gasteiger partial charge in [0, 0.05) is 0 Å². The molecule has 108 valence electrons. The summed E-state index contributed by atoms with van der Waals surface area (Å²) >= 11 is 8.19. The van der Waals surface area contributed by atoms with Crippen LogP contribution in [0.3, 0.4) is 0 Å². The molecular formula is C6Cl2F10. The smallest absolute Gasteiger partial charge is 0.209 e. The normalized spacial score (nSPS) is 19.3. The van der Waals surface area contributed by atoms with Gasteiger partial charge in [0.1, 0.15) is 5.03 Å². The Kier molecular flexibility index (Phi) is 4.52. The Morgan fingerprint density at radius 1 is 0.722 bits per heavy atom. The molecule has 0 aliphatic rings. The summed E-state index contributed by atoms with van der Waals surface area (Å²) in [5.41, 5.74) is 0. The third-order valence-corrected chi connectivity index (χ3v) is 2.38. The average Bonchev–Trinajstić information content (AvgIpc) is 2.11. The largest absolute Gasteiger partial charge is 0.460 e. The van der Waals surface area contributed by atoms with Gasteiger partial charge in [0.05, 0.1) is 0 Å². The molecule has 0 spiro atoms. The summed E-state index contributed by atoms with van der Waals surface area (Å²) in [7, 11) is 0. The maximum Gasteiger partial charge on any atom is 0.460 e. The van der Waals surface area contributed by atoms with Crippen LogP contribution in [0.25, 0.3) is 0 Å². The number of rotatable bonds is 2. The van der Waals surface area contributed by atoms with Crippen LogP contribution in [0, 0.1) is 0 Å². The first-order chi connectivity index (χ1) is 7.57. The van der Waals surface area contributed by atoms with Gasteiger partial charge < -0.3 is 0 Å². The zero-order valence-corrected chi connectivity index (χ0v) is 9.05. The first kappa shape index (κ1) is 17.6. The Morgan fingerprint density at radius 2 is 1.06 bits per heavy atom. The molecule has 0 aromatic rings. The average molecular weight is 333 g/mol. The predicted octanol–water partition coefficient (Wildman–Crippen LogP) is 5.07. The number of hydrogen-bond acceptors (Lipinski definition) is 0. The molecule has 1 atom stereocenters. The molecule has 0 saturated heterocycles. The van der Waals surface area contributed by atoms with Crippen LogP contribution in [-0.4, -0.2) is 23.4 Å². The Hall–Kier alpha value is -0.380. The summed E-state index contributed by atoms with van der Waals surface area (Å²) in [6, 6.07) is 0. The van der Waals surface area contributed by atoms with E-state index in [0.717, 1.165) is 0 Å². The van der Waals surface area contributed by atoms with E-state index in [9.17, 15) is 43.9 Å². The van der Waals surface area contributed by atoms with Gasteiger partial charge in [0.15, 0.2) is 5.83 Å². The molecule has 12 heteroatoms. The van der Waals surface area contributed by atoms with Crippen LogP contribution < -0.4 is 0 Å². The van der Waals surface area contributed by atoms with E-state index in [0.29, 0.717) is 0 Å². The zero-order chi connectivity index (χ0) is 15.2. The number of hydrogen-bond donors (Lipinski definition) is 0. The van der Waals surface area contributed by atoms with Crippen molar-refractivity contribution in [2.45, 2.75) is 23.4 Å². The molecule has 0 rings (SSSR count). The fraction of sp³-hybridized carbons (Fsp3) is 0.667. The van der Waals surface area contributed by atoms with Crippen molar-refractivity contribution < 1.29 is 43.9 Å². The van der Waals surface area contributed by atoms with Gasteiger partial charge in [-0.1, -0.05) is 23.2 Å². The SMILES string of the molecule is FC(=C(Cl)C(F)(Cl)C(F)(F)F)C(F)(F)C(F)(F)F. The number of allylic oxidation sites excluding steroid dienone is 2. The predicted molar refractivity (Wildman–Crippen MR) is 40.7 cm³/mol. The van der Waals surface area contributed by atoms with E-state index >= 15 is 0 Å². The molecule has 18 heavy (non-hydrogen) atoms. The van der Waals surface area contributed by atoms with Gasteiger partial charge in [0.25, 0.3) is 0 Å². The molecule has 0 fully saturated rings. The lowest BCUT2D eigenvalue weighted by Gasteiger charge is -2.24. The number of alkyl halides is 10. The molecule has 0 heterocycles. The summed E-state index contributed by atoms with van der Waals surface area (Å²) in [5.74, 6) is -10.3. The van der Waals surface area contributed by atoms with Crippen molar-refractivity contribution in [2.75, 3.05) is 0 Å². The lowest BCUT2D eigenvalue weighted by atomic mass is 10.2. The van der Waals surface area contributed by atoms with Crippen molar-refractivity contribution in [1.82, 2.24) is 0 Å². The molecule has 0 aliphatic heterocycles. The highest BCUT2D eigenvalue weighted by atomic mass is 35.5. The van der Waals surface area contributed by atoms with Crippen LogP contribution in [-0.2, 0) is 0 Å². The molecule has 0 aliphatic carbocycles. The molecule has 0 nitrogen and oxygen atoms in total. The maximum atomic E-state index is 12.7. The summed E-state index contributed by atoms with van der Waals surface area (Å²) in [4.78, 5) is 0. The first-order valence-corrected chi connectivity index (χ1v) is 4.27. The molecule has 0 aromatic heterocycles. The topological polar surface area (TPSA) is 0 Å². The van der Waals surface area contributed by atoms with Crippen LogP contribution in [0.1, 0.15) is 0 Å². The maximum absolute atomic E-state index is 12.7. The van der Waals surface area contributed by atoms with Crippen molar-refractivity contribution in [2.24, 2.45) is 0 Å². The Bertz CT molecular complexity index is 314. The highest BCUT2D eigenvalue weighted by molar-refractivity contribution is 6.39. The van der Waals surface area contributed by atoms with Gasteiger partial charge in [-0.25, -0.2) is 8.78 Å². The second-order valence-corrected chi connectivity index (χ2v) is 3.67. The van der Waals surface area contributed by atoms with Gasteiger partial charge >= 0.3 is 23.4 Å². The van der Waals surface area contributed by atoms with Gasteiger partial charge in [-0.2, -0.15) is 35.1 Å². The fourth-order valence-electron chi connectivity index (χ4n) is 0.525. The van der Waals surface area contributed by atoms with Crippen LogP contribution in [0.5, 0.6) is 0 Å². The second-order valence-electron chi connectivity index (χ2n) is 2.77. The molecule has 0 saturated carbocycles. The van der Waals surface area contributed by atoms with Gasteiger partial charge in [0.2, 0.25) is 0 Å². The fourth-order valence-corrected chi connectivity index (χ4v) is 0.833. The molecule has 0 amide bonds. The van der Waals surface area contributed by atoms with Crippen molar-refractivity contribution in [3.8, 4) is 0 Å². The van der Waals surface area contributed by atoms with E-state index in [2.05, 4.69) is 23.2 Å². The van der Waals surface area contributed by atoms with E-state index in [-0.39, 0.29) is 0 Å². The third kappa shape index (κ3) is 2.95. The summed E-state index contributed by atoms with van der Waals surface area (Å²) in [6.45, 7) is 0. The highest BCUT2D eigenvalue weighted by Gasteiger charge is 2.66. The Labute approximate surface area is 102 Å². The van der Waals surface area contributed by atoms with Crippen molar-refractivity contribution in [3.63, 3.8) is 0 Å². The minimum absolute atomic E-state index is 3.14. The van der Waals surface area contributed by atoms with Crippen LogP contribution in [0.4, 0.5) is 43.9 Å². The zero-order valence-electron chi connectivity index (χ0n) is 7.54. The summed E-state index contributed by atoms with van der Waals surface area (Å²) < 4.78 is 120. The first-order valence-electron chi connectivity index (χ1n) is 3.52. The lowest BCUT2D eigenvalue weighted by Crippen LogP contribution is -2.42. The van der Waals surface area contributed by atoms with E-state index in [1.54, 1.807) is 0 Å².